The van der Waals surface area contributed by atoms with Crippen LogP contribution in [0.2, 0.25) is 0 Å². The van der Waals surface area contributed by atoms with Gasteiger partial charge in [0.1, 0.15) is 0 Å². The summed E-state index contributed by atoms with van der Waals surface area (Å²) in [5.41, 5.74) is 6.18. The summed E-state index contributed by atoms with van der Waals surface area (Å²) in [6.45, 7) is 6.51. The first kappa shape index (κ1) is 10.6. The van der Waals surface area contributed by atoms with Gasteiger partial charge in [-0.3, -0.25) is 0 Å². The van der Waals surface area contributed by atoms with Crippen molar-refractivity contribution >= 4 is 0 Å². The van der Waals surface area contributed by atoms with Crippen molar-refractivity contribution in [2.75, 3.05) is 0 Å². The van der Waals surface area contributed by atoms with Crippen LogP contribution < -0.4 is 5.73 Å². The van der Waals surface area contributed by atoms with Gasteiger partial charge in [0.25, 0.3) is 0 Å². The minimum Gasteiger partial charge on any atom is -0.339 e. The second-order valence-corrected chi connectivity index (χ2v) is 5.17. The zero-order valence-corrected chi connectivity index (χ0v) is 9.66. The highest BCUT2D eigenvalue weighted by molar-refractivity contribution is 5.13. The van der Waals surface area contributed by atoms with E-state index < -0.39 is 0 Å². The number of rotatable bonds is 4. The molecule has 84 valence electrons. The van der Waals surface area contributed by atoms with Crippen LogP contribution in [0.1, 0.15) is 51.2 Å². The Hall–Kier alpha value is -0.900. The van der Waals surface area contributed by atoms with Gasteiger partial charge >= 0.3 is 0 Å². The second-order valence-electron chi connectivity index (χ2n) is 5.17. The molecule has 1 heterocycles. The first-order valence-electron chi connectivity index (χ1n) is 5.61. The van der Waals surface area contributed by atoms with E-state index in [4.69, 9.17) is 10.3 Å². The lowest BCUT2D eigenvalue weighted by Crippen LogP contribution is -2.22. The van der Waals surface area contributed by atoms with E-state index in [0.29, 0.717) is 17.8 Å². The SMILES string of the molecule is CCC(N)Cc1noc(C2CC2(C)C)n1. The molecule has 2 N–H and O–H groups in total. The van der Waals surface area contributed by atoms with Crippen LogP contribution in [0.15, 0.2) is 4.52 Å². The monoisotopic (exact) mass is 209 g/mol. The molecule has 1 aliphatic carbocycles. The van der Waals surface area contributed by atoms with Crippen molar-refractivity contribution < 1.29 is 4.52 Å². The van der Waals surface area contributed by atoms with Crippen molar-refractivity contribution in [1.82, 2.24) is 10.1 Å². The van der Waals surface area contributed by atoms with Gasteiger partial charge in [-0.15, -0.1) is 0 Å². The molecule has 0 radical (unpaired) electrons. The minimum absolute atomic E-state index is 0.141. The lowest BCUT2D eigenvalue weighted by Gasteiger charge is -2.02. The smallest absolute Gasteiger partial charge is 0.230 e. The van der Waals surface area contributed by atoms with Gasteiger partial charge in [-0.05, 0) is 18.3 Å². The summed E-state index contributed by atoms with van der Waals surface area (Å²) < 4.78 is 5.25. The average Bonchev–Trinajstić information content (AvgIpc) is 2.63. The molecule has 0 amide bonds. The Balaban J connectivity index is 1.99. The molecular formula is C11H19N3O. The molecule has 2 rings (SSSR count). The predicted molar refractivity (Wildman–Crippen MR) is 57.4 cm³/mol. The zero-order valence-electron chi connectivity index (χ0n) is 9.66. The van der Waals surface area contributed by atoms with Crippen LogP contribution in [-0.4, -0.2) is 16.2 Å². The van der Waals surface area contributed by atoms with Gasteiger partial charge in [0, 0.05) is 18.4 Å². The first-order valence-corrected chi connectivity index (χ1v) is 5.61. The quantitative estimate of drug-likeness (QED) is 0.822. The van der Waals surface area contributed by atoms with Crippen molar-refractivity contribution in [2.45, 2.75) is 52.0 Å². The highest BCUT2D eigenvalue weighted by Crippen LogP contribution is 2.57. The van der Waals surface area contributed by atoms with Crippen LogP contribution in [0.4, 0.5) is 0 Å². The maximum absolute atomic E-state index is 5.84. The van der Waals surface area contributed by atoms with Crippen molar-refractivity contribution in [3.63, 3.8) is 0 Å². The summed E-state index contributed by atoms with van der Waals surface area (Å²) in [6.07, 6.45) is 2.81. The number of hydrogen-bond acceptors (Lipinski definition) is 4. The zero-order chi connectivity index (χ0) is 11.1. The molecule has 0 saturated heterocycles. The Kier molecular flexibility index (Phi) is 2.54. The van der Waals surface area contributed by atoms with Gasteiger partial charge in [-0.2, -0.15) is 4.98 Å². The molecule has 0 aromatic carbocycles. The van der Waals surface area contributed by atoms with Gasteiger partial charge in [0.05, 0.1) is 0 Å². The molecule has 1 aliphatic rings. The fourth-order valence-electron chi connectivity index (χ4n) is 1.76. The van der Waals surface area contributed by atoms with E-state index in [1.165, 1.54) is 0 Å². The normalized spacial score (nSPS) is 25.2. The lowest BCUT2D eigenvalue weighted by molar-refractivity contribution is 0.362. The largest absolute Gasteiger partial charge is 0.339 e. The van der Waals surface area contributed by atoms with Crippen LogP contribution in [0.5, 0.6) is 0 Å². The molecular weight excluding hydrogens is 190 g/mol. The fourth-order valence-corrected chi connectivity index (χ4v) is 1.76. The van der Waals surface area contributed by atoms with E-state index in [9.17, 15) is 0 Å². The van der Waals surface area contributed by atoms with Crippen LogP contribution in [0.25, 0.3) is 0 Å². The maximum atomic E-state index is 5.84. The molecule has 1 fully saturated rings. The Morgan fingerprint density at radius 3 is 2.80 bits per heavy atom. The number of nitrogens with zero attached hydrogens (tertiary/aromatic N) is 2. The summed E-state index contributed by atoms with van der Waals surface area (Å²) in [5, 5.41) is 3.96. The van der Waals surface area contributed by atoms with Crippen molar-refractivity contribution in [2.24, 2.45) is 11.1 Å². The molecule has 0 aliphatic heterocycles. The van der Waals surface area contributed by atoms with E-state index in [1.807, 2.05) is 0 Å². The summed E-state index contributed by atoms with van der Waals surface area (Å²) >= 11 is 0. The van der Waals surface area contributed by atoms with Gasteiger partial charge in [0.2, 0.25) is 5.89 Å². The van der Waals surface area contributed by atoms with E-state index in [2.05, 4.69) is 30.9 Å². The van der Waals surface area contributed by atoms with E-state index in [1.54, 1.807) is 0 Å². The summed E-state index contributed by atoms with van der Waals surface area (Å²) in [5.74, 6) is 2.00. The molecule has 4 heteroatoms. The van der Waals surface area contributed by atoms with Crippen LogP contribution in [0, 0.1) is 5.41 Å². The number of nitrogens with two attached hydrogens (primary N) is 1. The van der Waals surface area contributed by atoms with Gasteiger partial charge in [-0.25, -0.2) is 0 Å². The van der Waals surface area contributed by atoms with E-state index in [0.717, 1.165) is 24.6 Å². The van der Waals surface area contributed by atoms with E-state index >= 15 is 0 Å². The highest BCUT2D eigenvalue weighted by atomic mass is 16.5. The number of aromatic nitrogens is 2. The standard InChI is InChI=1S/C11H19N3O/c1-4-7(12)5-9-13-10(15-14-9)8-6-11(8,2)3/h7-8H,4-6,12H2,1-3H3. The highest BCUT2D eigenvalue weighted by Gasteiger charge is 2.50. The summed E-state index contributed by atoms with van der Waals surface area (Å²) in [7, 11) is 0. The molecule has 0 bridgehead atoms. The van der Waals surface area contributed by atoms with Crippen molar-refractivity contribution in [3.8, 4) is 0 Å². The molecule has 1 aromatic heterocycles. The predicted octanol–water partition coefficient (Wildman–Crippen LogP) is 1.86. The Bertz CT molecular complexity index is 345. The Labute approximate surface area is 90.2 Å². The third kappa shape index (κ3) is 2.20. The lowest BCUT2D eigenvalue weighted by atomic mass is 10.1. The van der Waals surface area contributed by atoms with Crippen molar-refractivity contribution in [3.05, 3.63) is 11.7 Å². The second kappa shape index (κ2) is 3.59. The first-order chi connectivity index (χ1) is 7.03. The molecule has 15 heavy (non-hydrogen) atoms. The van der Waals surface area contributed by atoms with Gasteiger partial charge < -0.3 is 10.3 Å². The molecule has 1 saturated carbocycles. The maximum Gasteiger partial charge on any atom is 0.230 e. The van der Waals surface area contributed by atoms with Crippen LogP contribution >= 0.6 is 0 Å². The molecule has 4 nitrogen and oxygen atoms in total. The molecule has 0 spiro atoms. The Morgan fingerprint density at radius 2 is 2.27 bits per heavy atom. The van der Waals surface area contributed by atoms with Gasteiger partial charge in [0.15, 0.2) is 5.82 Å². The summed E-state index contributed by atoms with van der Waals surface area (Å²) in [6, 6.07) is 0.141. The molecule has 2 atom stereocenters. The van der Waals surface area contributed by atoms with E-state index in [-0.39, 0.29) is 6.04 Å². The summed E-state index contributed by atoms with van der Waals surface area (Å²) in [4.78, 5) is 4.40. The number of hydrogen-bond donors (Lipinski definition) is 1. The van der Waals surface area contributed by atoms with Crippen LogP contribution in [0.3, 0.4) is 0 Å². The third-order valence-electron chi connectivity index (χ3n) is 3.26. The topological polar surface area (TPSA) is 64.9 Å². The fraction of sp³-hybridized carbons (Fsp3) is 0.818. The minimum atomic E-state index is 0.141. The average molecular weight is 209 g/mol. The van der Waals surface area contributed by atoms with Crippen molar-refractivity contribution in [1.29, 1.82) is 0 Å². The van der Waals surface area contributed by atoms with Gasteiger partial charge in [-0.1, -0.05) is 25.9 Å². The third-order valence-corrected chi connectivity index (χ3v) is 3.26. The van der Waals surface area contributed by atoms with Crippen LogP contribution in [-0.2, 0) is 6.42 Å². The Morgan fingerprint density at radius 1 is 1.60 bits per heavy atom. The molecule has 1 aromatic rings. The molecule has 2 unspecified atom stereocenters.